The van der Waals surface area contributed by atoms with Crippen LogP contribution in [0.3, 0.4) is 0 Å². The van der Waals surface area contributed by atoms with Crippen LogP contribution in [-0.2, 0) is 4.79 Å². The third-order valence-corrected chi connectivity index (χ3v) is 2.63. The van der Waals surface area contributed by atoms with Gasteiger partial charge in [0.2, 0.25) is 0 Å². The summed E-state index contributed by atoms with van der Waals surface area (Å²) < 4.78 is 1.70. The molecule has 0 radical (unpaired) electrons. The van der Waals surface area contributed by atoms with Crippen LogP contribution in [0.1, 0.15) is 44.9 Å². The van der Waals surface area contributed by atoms with Crippen LogP contribution in [0.4, 0.5) is 0 Å². The van der Waals surface area contributed by atoms with Gasteiger partial charge < -0.3 is 10.2 Å². The lowest BCUT2D eigenvalue weighted by atomic mass is 9.96. The third kappa shape index (κ3) is 2.61. The van der Waals surface area contributed by atoms with Gasteiger partial charge in [0.05, 0.1) is 18.2 Å². The minimum atomic E-state index is -0.991. The van der Waals surface area contributed by atoms with Crippen LogP contribution in [0.2, 0.25) is 0 Å². The predicted molar refractivity (Wildman–Crippen MR) is 59.0 cm³/mol. The van der Waals surface area contributed by atoms with Gasteiger partial charge in [0.25, 0.3) is 0 Å². The van der Waals surface area contributed by atoms with Crippen molar-refractivity contribution in [3.8, 4) is 0 Å². The molecular weight excluding hydrogens is 208 g/mol. The van der Waals surface area contributed by atoms with Gasteiger partial charge in [-0.3, -0.25) is 9.48 Å². The first-order valence-electron chi connectivity index (χ1n) is 5.42. The Morgan fingerprint density at radius 3 is 2.56 bits per heavy atom. The molecule has 0 spiro atoms. The normalized spacial score (nSPS) is 15.1. The molecule has 0 aliphatic heterocycles. The maximum atomic E-state index is 10.9. The van der Waals surface area contributed by atoms with E-state index in [2.05, 4.69) is 5.10 Å². The van der Waals surface area contributed by atoms with E-state index in [1.807, 2.05) is 13.8 Å². The van der Waals surface area contributed by atoms with Crippen molar-refractivity contribution < 1.29 is 15.0 Å². The smallest absolute Gasteiger partial charge is 0.309 e. The first-order chi connectivity index (χ1) is 7.47. The summed E-state index contributed by atoms with van der Waals surface area (Å²) >= 11 is 0. The van der Waals surface area contributed by atoms with Gasteiger partial charge in [-0.2, -0.15) is 5.10 Å². The number of aliphatic carboxylic acids is 1. The highest BCUT2D eigenvalue weighted by atomic mass is 16.4. The molecule has 90 valence electrons. The van der Waals surface area contributed by atoms with Crippen molar-refractivity contribution in [2.75, 3.05) is 0 Å². The van der Waals surface area contributed by atoms with E-state index >= 15 is 0 Å². The van der Waals surface area contributed by atoms with E-state index < -0.39 is 18.0 Å². The Morgan fingerprint density at radius 2 is 2.19 bits per heavy atom. The molecular formula is C11H18N2O3. The van der Waals surface area contributed by atoms with Crippen LogP contribution in [0.5, 0.6) is 0 Å². The largest absolute Gasteiger partial charge is 0.481 e. The lowest BCUT2D eigenvalue weighted by molar-refractivity contribution is -0.146. The first-order valence-corrected chi connectivity index (χ1v) is 5.42. The topological polar surface area (TPSA) is 75.3 Å². The number of aliphatic hydroxyl groups is 1. The highest BCUT2D eigenvalue weighted by Crippen LogP contribution is 2.25. The van der Waals surface area contributed by atoms with Crippen LogP contribution < -0.4 is 0 Å². The van der Waals surface area contributed by atoms with Crippen molar-refractivity contribution in [1.29, 1.82) is 0 Å². The lowest BCUT2D eigenvalue weighted by Crippen LogP contribution is -2.20. The van der Waals surface area contributed by atoms with E-state index in [1.165, 1.54) is 6.20 Å². The average Bonchev–Trinajstić information content (AvgIpc) is 2.66. The Bertz CT molecular complexity index is 360. The lowest BCUT2D eigenvalue weighted by Gasteiger charge is -2.15. The fraction of sp³-hybridized carbons (Fsp3) is 0.636. The Balaban J connectivity index is 2.86. The van der Waals surface area contributed by atoms with Crippen molar-refractivity contribution in [2.45, 2.75) is 39.3 Å². The monoisotopic (exact) mass is 226 g/mol. The number of hydrogen-bond acceptors (Lipinski definition) is 3. The number of rotatable bonds is 5. The molecule has 1 rings (SSSR count). The minimum Gasteiger partial charge on any atom is -0.481 e. The van der Waals surface area contributed by atoms with Crippen LogP contribution in [0.15, 0.2) is 12.4 Å². The van der Waals surface area contributed by atoms with Crippen molar-refractivity contribution in [3.63, 3.8) is 0 Å². The summed E-state index contributed by atoms with van der Waals surface area (Å²) in [5.41, 5.74) is 0.558. The molecule has 1 aromatic heterocycles. The fourth-order valence-corrected chi connectivity index (χ4v) is 1.55. The summed E-state index contributed by atoms with van der Waals surface area (Å²) in [6.45, 7) is 5.68. The number of aliphatic hydroxyl groups excluding tert-OH is 1. The van der Waals surface area contributed by atoms with Crippen LogP contribution in [0.25, 0.3) is 0 Å². The molecule has 0 fully saturated rings. The predicted octanol–water partition coefficient (Wildman–Crippen LogP) is 1.61. The number of nitrogens with zero attached hydrogens (tertiary/aromatic N) is 2. The van der Waals surface area contributed by atoms with E-state index in [1.54, 1.807) is 17.8 Å². The summed E-state index contributed by atoms with van der Waals surface area (Å²) in [6, 6.07) is 0.200. The molecule has 2 atom stereocenters. The van der Waals surface area contributed by atoms with E-state index in [9.17, 15) is 9.90 Å². The number of carboxylic acids is 1. The second-order valence-corrected chi connectivity index (χ2v) is 4.15. The van der Waals surface area contributed by atoms with Gasteiger partial charge in [0, 0.05) is 17.8 Å². The average molecular weight is 226 g/mol. The molecule has 2 unspecified atom stereocenters. The quantitative estimate of drug-likeness (QED) is 0.799. The molecule has 5 heteroatoms. The maximum Gasteiger partial charge on any atom is 0.309 e. The van der Waals surface area contributed by atoms with Crippen molar-refractivity contribution in [2.24, 2.45) is 5.92 Å². The molecule has 0 aromatic carbocycles. The summed E-state index contributed by atoms with van der Waals surface area (Å²) in [4.78, 5) is 10.9. The molecule has 1 heterocycles. The second kappa shape index (κ2) is 5.12. The van der Waals surface area contributed by atoms with Gasteiger partial charge >= 0.3 is 5.97 Å². The summed E-state index contributed by atoms with van der Waals surface area (Å²) in [6.07, 6.45) is 2.62. The summed E-state index contributed by atoms with van der Waals surface area (Å²) in [7, 11) is 0. The molecule has 16 heavy (non-hydrogen) atoms. The van der Waals surface area contributed by atoms with E-state index in [-0.39, 0.29) is 6.04 Å². The van der Waals surface area contributed by atoms with Crippen LogP contribution >= 0.6 is 0 Å². The molecule has 0 aliphatic rings. The second-order valence-electron chi connectivity index (χ2n) is 4.15. The molecule has 0 aliphatic carbocycles. The van der Waals surface area contributed by atoms with Crippen molar-refractivity contribution >= 4 is 5.97 Å². The molecule has 0 amide bonds. The van der Waals surface area contributed by atoms with Crippen molar-refractivity contribution in [1.82, 2.24) is 9.78 Å². The molecule has 0 bridgehead atoms. The maximum absolute atomic E-state index is 10.9. The Hall–Kier alpha value is -1.36. The van der Waals surface area contributed by atoms with Crippen LogP contribution in [0, 0.1) is 5.92 Å². The fourth-order valence-electron chi connectivity index (χ4n) is 1.55. The zero-order valence-corrected chi connectivity index (χ0v) is 9.79. The summed E-state index contributed by atoms with van der Waals surface area (Å²) in [5, 5.41) is 22.9. The van der Waals surface area contributed by atoms with Gasteiger partial charge in [-0.05, 0) is 20.3 Å². The van der Waals surface area contributed by atoms with Gasteiger partial charge in [-0.15, -0.1) is 0 Å². The SMILES string of the molecule is CCC(C(=O)O)C(O)c1cnn(C(C)C)c1. The zero-order chi connectivity index (χ0) is 12.3. The van der Waals surface area contributed by atoms with E-state index in [4.69, 9.17) is 5.11 Å². The number of hydrogen-bond donors (Lipinski definition) is 2. The number of aromatic nitrogens is 2. The third-order valence-electron chi connectivity index (χ3n) is 2.63. The molecule has 0 saturated carbocycles. The van der Waals surface area contributed by atoms with Crippen LogP contribution in [-0.4, -0.2) is 26.0 Å². The zero-order valence-electron chi connectivity index (χ0n) is 9.79. The Labute approximate surface area is 94.7 Å². The molecule has 2 N–H and O–H groups in total. The highest BCUT2D eigenvalue weighted by Gasteiger charge is 2.27. The minimum absolute atomic E-state index is 0.200. The van der Waals surface area contributed by atoms with Crippen molar-refractivity contribution in [3.05, 3.63) is 18.0 Å². The van der Waals surface area contributed by atoms with Gasteiger partial charge in [-0.1, -0.05) is 6.92 Å². The number of carboxylic acid groups (broad SMARTS) is 1. The molecule has 5 nitrogen and oxygen atoms in total. The molecule has 0 saturated heterocycles. The standard InChI is InChI=1S/C11H18N2O3/c1-4-9(11(15)16)10(14)8-5-12-13(6-8)7(2)3/h5-7,9-10,14H,4H2,1-3H3,(H,15,16). The van der Waals surface area contributed by atoms with Gasteiger partial charge in [0.15, 0.2) is 0 Å². The summed E-state index contributed by atoms with van der Waals surface area (Å²) in [5.74, 6) is -1.75. The number of carbonyl (C=O) groups is 1. The van der Waals surface area contributed by atoms with E-state index in [0.717, 1.165) is 0 Å². The molecule has 1 aromatic rings. The first kappa shape index (κ1) is 12.7. The highest BCUT2D eigenvalue weighted by molar-refractivity contribution is 5.70. The Morgan fingerprint density at radius 1 is 1.56 bits per heavy atom. The Kier molecular flexibility index (Phi) is 4.06. The van der Waals surface area contributed by atoms with Gasteiger partial charge in [-0.25, -0.2) is 0 Å². The van der Waals surface area contributed by atoms with E-state index in [0.29, 0.717) is 12.0 Å². The van der Waals surface area contributed by atoms with Gasteiger partial charge in [0.1, 0.15) is 0 Å².